The first kappa shape index (κ1) is 10.5. The van der Waals surface area contributed by atoms with Crippen LogP contribution >= 0.6 is 0 Å². The highest BCUT2D eigenvalue weighted by Gasteiger charge is 2.05. The molecule has 2 rings (SSSR count). The summed E-state index contributed by atoms with van der Waals surface area (Å²) in [5, 5.41) is 9.51. The molecular weight excluding hydrogens is 204 g/mol. The average Bonchev–Trinajstić information content (AvgIpc) is 2.67. The molecule has 16 heavy (non-hydrogen) atoms. The van der Waals surface area contributed by atoms with Crippen molar-refractivity contribution in [3.05, 3.63) is 42.0 Å². The second-order valence-electron chi connectivity index (χ2n) is 3.64. The highest BCUT2D eigenvalue weighted by Crippen LogP contribution is 2.26. The summed E-state index contributed by atoms with van der Waals surface area (Å²) in [5.74, 6) is 1.78. The number of hydrogen-bond donors (Lipinski definition) is 1. The quantitative estimate of drug-likeness (QED) is 0.857. The van der Waals surface area contributed by atoms with Gasteiger partial charge in [-0.2, -0.15) is 0 Å². The Morgan fingerprint density at radius 3 is 2.94 bits per heavy atom. The van der Waals surface area contributed by atoms with Gasteiger partial charge in [0.25, 0.3) is 0 Å². The second kappa shape index (κ2) is 4.26. The van der Waals surface area contributed by atoms with Crippen LogP contribution in [0.1, 0.15) is 11.4 Å². The minimum atomic E-state index is 0.248. The summed E-state index contributed by atoms with van der Waals surface area (Å²) >= 11 is 0. The van der Waals surface area contributed by atoms with E-state index in [4.69, 9.17) is 4.74 Å². The highest BCUT2D eigenvalue weighted by molar-refractivity contribution is 5.42. The van der Waals surface area contributed by atoms with Crippen molar-refractivity contribution in [2.24, 2.45) is 7.05 Å². The first-order valence-electron chi connectivity index (χ1n) is 5.06. The van der Waals surface area contributed by atoms with Crippen LogP contribution in [0.15, 0.2) is 30.6 Å². The van der Waals surface area contributed by atoms with Crippen molar-refractivity contribution in [1.29, 1.82) is 0 Å². The molecule has 0 atom stereocenters. The molecule has 1 aromatic heterocycles. The van der Waals surface area contributed by atoms with Crippen LogP contribution in [0.25, 0.3) is 0 Å². The van der Waals surface area contributed by atoms with Gasteiger partial charge in [-0.05, 0) is 19.1 Å². The lowest BCUT2D eigenvalue weighted by molar-refractivity contribution is 0.288. The predicted molar refractivity (Wildman–Crippen MR) is 60.4 cm³/mol. The number of hydrogen-bond acceptors (Lipinski definition) is 3. The first-order valence-corrected chi connectivity index (χ1v) is 5.06. The fraction of sp³-hybridized carbons (Fsp3) is 0.250. The average molecular weight is 218 g/mol. The monoisotopic (exact) mass is 218 g/mol. The zero-order valence-electron chi connectivity index (χ0n) is 9.34. The minimum absolute atomic E-state index is 0.248. The third-order valence-corrected chi connectivity index (χ3v) is 2.53. The topological polar surface area (TPSA) is 47.3 Å². The maximum Gasteiger partial charge on any atom is 0.146 e. The number of ether oxygens (including phenoxy) is 1. The fourth-order valence-corrected chi connectivity index (χ4v) is 1.44. The van der Waals surface area contributed by atoms with Gasteiger partial charge in [0.15, 0.2) is 0 Å². The molecule has 0 unspecified atom stereocenters. The molecule has 0 saturated heterocycles. The Labute approximate surface area is 94.1 Å². The van der Waals surface area contributed by atoms with E-state index in [2.05, 4.69) is 4.98 Å². The van der Waals surface area contributed by atoms with Crippen LogP contribution in [0.3, 0.4) is 0 Å². The number of phenols is 1. The Hall–Kier alpha value is -1.97. The van der Waals surface area contributed by atoms with Crippen molar-refractivity contribution in [3.63, 3.8) is 0 Å². The van der Waals surface area contributed by atoms with E-state index in [9.17, 15) is 5.11 Å². The standard InChI is InChI=1S/C12H14N2O2/c1-9-10(15)4-3-5-11(9)16-8-12-13-6-7-14(12)2/h3-7,15H,8H2,1-2H3. The maximum atomic E-state index is 9.51. The van der Waals surface area contributed by atoms with Crippen LogP contribution in [0.5, 0.6) is 11.5 Å². The van der Waals surface area contributed by atoms with Crippen LogP contribution in [-0.4, -0.2) is 14.7 Å². The van der Waals surface area contributed by atoms with Crippen molar-refractivity contribution in [1.82, 2.24) is 9.55 Å². The van der Waals surface area contributed by atoms with E-state index in [0.717, 1.165) is 11.4 Å². The lowest BCUT2D eigenvalue weighted by Crippen LogP contribution is -2.03. The molecule has 0 aliphatic rings. The molecule has 4 heteroatoms. The Kier molecular flexibility index (Phi) is 2.81. The van der Waals surface area contributed by atoms with Gasteiger partial charge in [0, 0.05) is 25.0 Å². The number of benzene rings is 1. The van der Waals surface area contributed by atoms with Crippen molar-refractivity contribution >= 4 is 0 Å². The molecule has 4 nitrogen and oxygen atoms in total. The fourth-order valence-electron chi connectivity index (χ4n) is 1.44. The number of rotatable bonds is 3. The van der Waals surface area contributed by atoms with Gasteiger partial charge in [-0.15, -0.1) is 0 Å². The minimum Gasteiger partial charge on any atom is -0.508 e. The predicted octanol–water partition coefficient (Wildman–Crippen LogP) is 2.01. The van der Waals surface area contributed by atoms with Gasteiger partial charge in [0.2, 0.25) is 0 Å². The second-order valence-corrected chi connectivity index (χ2v) is 3.64. The van der Waals surface area contributed by atoms with E-state index in [0.29, 0.717) is 12.4 Å². The molecule has 1 aromatic carbocycles. The van der Waals surface area contributed by atoms with E-state index < -0.39 is 0 Å². The zero-order chi connectivity index (χ0) is 11.5. The number of aromatic hydroxyl groups is 1. The van der Waals surface area contributed by atoms with Crippen LogP contribution in [0.4, 0.5) is 0 Å². The number of aromatic nitrogens is 2. The molecule has 0 aliphatic heterocycles. The largest absolute Gasteiger partial charge is 0.508 e. The lowest BCUT2D eigenvalue weighted by atomic mass is 10.2. The van der Waals surface area contributed by atoms with E-state index in [1.807, 2.05) is 30.8 Å². The van der Waals surface area contributed by atoms with Gasteiger partial charge in [-0.25, -0.2) is 4.98 Å². The SMILES string of the molecule is Cc1c(O)cccc1OCc1nccn1C. The van der Waals surface area contributed by atoms with Gasteiger partial charge in [0.05, 0.1) is 0 Å². The highest BCUT2D eigenvalue weighted by atomic mass is 16.5. The first-order chi connectivity index (χ1) is 7.68. The van der Waals surface area contributed by atoms with E-state index in [1.54, 1.807) is 18.3 Å². The number of imidazole rings is 1. The number of aryl methyl sites for hydroxylation is 1. The normalized spacial score (nSPS) is 10.4. The Bertz CT molecular complexity index is 492. The Morgan fingerprint density at radius 1 is 1.44 bits per heavy atom. The van der Waals surface area contributed by atoms with Crippen molar-refractivity contribution < 1.29 is 9.84 Å². The molecule has 0 spiro atoms. The lowest BCUT2D eigenvalue weighted by Gasteiger charge is -2.09. The summed E-state index contributed by atoms with van der Waals surface area (Å²) < 4.78 is 7.50. The molecule has 1 heterocycles. The molecule has 1 N–H and O–H groups in total. The molecular formula is C12H14N2O2. The zero-order valence-corrected chi connectivity index (χ0v) is 9.34. The molecule has 84 valence electrons. The van der Waals surface area contributed by atoms with Gasteiger partial charge in [0.1, 0.15) is 23.9 Å². The van der Waals surface area contributed by atoms with Gasteiger partial charge < -0.3 is 14.4 Å². The van der Waals surface area contributed by atoms with Gasteiger partial charge >= 0.3 is 0 Å². The Balaban J connectivity index is 2.11. The van der Waals surface area contributed by atoms with Crippen LogP contribution < -0.4 is 4.74 Å². The smallest absolute Gasteiger partial charge is 0.146 e. The summed E-state index contributed by atoms with van der Waals surface area (Å²) in [4.78, 5) is 4.16. The van der Waals surface area contributed by atoms with Crippen molar-refractivity contribution in [3.8, 4) is 11.5 Å². The molecule has 0 fully saturated rings. The summed E-state index contributed by atoms with van der Waals surface area (Å²) in [6.45, 7) is 2.22. The van der Waals surface area contributed by atoms with Crippen LogP contribution in [0, 0.1) is 6.92 Å². The van der Waals surface area contributed by atoms with Crippen LogP contribution in [-0.2, 0) is 13.7 Å². The summed E-state index contributed by atoms with van der Waals surface area (Å²) in [7, 11) is 1.92. The Morgan fingerprint density at radius 2 is 2.25 bits per heavy atom. The third-order valence-electron chi connectivity index (χ3n) is 2.53. The maximum absolute atomic E-state index is 9.51. The summed E-state index contributed by atoms with van der Waals surface area (Å²) in [6, 6.07) is 5.23. The molecule has 0 radical (unpaired) electrons. The summed E-state index contributed by atoms with van der Waals surface area (Å²) in [5.41, 5.74) is 0.747. The van der Waals surface area contributed by atoms with E-state index in [-0.39, 0.29) is 5.75 Å². The van der Waals surface area contributed by atoms with E-state index >= 15 is 0 Å². The molecule has 0 amide bonds. The molecule has 2 aromatic rings. The van der Waals surface area contributed by atoms with Crippen LogP contribution in [0.2, 0.25) is 0 Å². The number of nitrogens with zero attached hydrogens (tertiary/aromatic N) is 2. The third kappa shape index (κ3) is 2.00. The molecule has 0 aliphatic carbocycles. The van der Waals surface area contributed by atoms with Gasteiger partial charge in [-0.3, -0.25) is 0 Å². The summed E-state index contributed by atoms with van der Waals surface area (Å²) in [6.07, 6.45) is 3.60. The van der Waals surface area contributed by atoms with Crippen molar-refractivity contribution in [2.75, 3.05) is 0 Å². The van der Waals surface area contributed by atoms with Gasteiger partial charge in [-0.1, -0.05) is 6.07 Å². The molecule has 0 saturated carbocycles. The van der Waals surface area contributed by atoms with E-state index in [1.165, 1.54) is 0 Å². The molecule has 0 bridgehead atoms. The number of phenolic OH excluding ortho intramolecular Hbond substituents is 1. The van der Waals surface area contributed by atoms with Crippen molar-refractivity contribution in [2.45, 2.75) is 13.5 Å².